The van der Waals surface area contributed by atoms with Gasteiger partial charge in [0.25, 0.3) is 0 Å². The van der Waals surface area contributed by atoms with E-state index in [1.54, 1.807) is 12.2 Å². The average molecular weight is 929 g/mol. The van der Waals surface area contributed by atoms with E-state index in [2.05, 4.69) is 18.4 Å². The third-order valence-corrected chi connectivity index (χ3v) is 12.0. The molecule has 0 radical (unpaired) electrons. The van der Waals surface area contributed by atoms with Crippen molar-refractivity contribution < 1.29 is 81.7 Å². The third-order valence-electron chi connectivity index (χ3n) is 10.5. The summed E-state index contributed by atoms with van der Waals surface area (Å²) in [7, 11) is -10.7. The van der Waals surface area contributed by atoms with Gasteiger partial charge in [-0.25, -0.2) is 9.13 Å². The van der Waals surface area contributed by atoms with E-state index in [1.165, 1.54) is 51.4 Å². The van der Waals surface area contributed by atoms with Crippen LogP contribution in [0.4, 0.5) is 0 Å². The number of aliphatic hydroxyl groups is 4. The second-order valence-electron chi connectivity index (χ2n) is 16.2. The monoisotopic (exact) mass is 928 g/mol. The highest BCUT2D eigenvalue weighted by Gasteiger charge is 2.54. The Balaban J connectivity index is 2.64. The maximum Gasteiger partial charge on any atom is 0.472 e. The van der Waals surface area contributed by atoms with Crippen molar-refractivity contribution in [2.45, 2.75) is 217 Å². The molecule has 0 saturated heterocycles. The molecule has 1 rings (SSSR count). The molecule has 0 aliphatic heterocycles. The van der Waals surface area contributed by atoms with Gasteiger partial charge in [0, 0.05) is 19.3 Å². The molecule has 1 fully saturated rings. The van der Waals surface area contributed by atoms with Gasteiger partial charge in [-0.05, 0) is 38.2 Å². The maximum absolute atomic E-state index is 13.0. The van der Waals surface area contributed by atoms with Gasteiger partial charge in [0.15, 0.2) is 11.9 Å². The molecule has 5 unspecified atom stereocenters. The van der Waals surface area contributed by atoms with Crippen molar-refractivity contribution in [1.82, 2.24) is 0 Å². The van der Waals surface area contributed by atoms with Crippen LogP contribution >= 0.6 is 15.6 Å². The molecule has 0 aromatic rings. The fourth-order valence-electron chi connectivity index (χ4n) is 6.89. The Morgan fingerprint density at radius 1 is 0.548 bits per heavy atom. The van der Waals surface area contributed by atoms with Gasteiger partial charge < -0.3 is 44.6 Å². The molecule has 362 valence electrons. The molecule has 0 aromatic heterocycles. The quantitative estimate of drug-likeness (QED) is 0.0105. The summed E-state index contributed by atoms with van der Waals surface area (Å²) in [5, 5.41) is 41.2. The molecular weight excluding hydrogens is 850 g/mol. The number of allylic oxidation sites excluding steroid dienone is 4. The lowest BCUT2D eigenvalue weighted by Gasteiger charge is -2.43. The molecule has 8 atom stereocenters. The number of aliphatic hydroxyl groups excluding tert-OH is 4. The van der Waals surface area contributed by atoms with E-state index >= 15 is 0 Å². The Bertz CT molecular complexity index is 1370. The second-order valence-corrected chi connectivity index (χ2v) is 18.8. The summed E-state index contributed by atoms with van der Waals surface area (Å²) < 4.78 is 49.2. The summed E-state index contributed by atoms with van der Waals surface area (Å²) in [6.45, 7) is 2.92. The first-order valence-electron chi connectivity index (χ1n) is 22.8. The number of ketones is 1. The van der Waals surface area contributed by atoms with E-state index in [1.807, 2.05) is 12.2 Å². The predicted molar refractivity (Wildman–Crippen MR) is 232 cm³/mol. The molecule has 1 aliphatic carbocycles. The number of phosphoric ester groups is 2. The highest BCUT2D eigenvalue weighted by molar-refractivity contribution is 7.47. The van der Waals surface area contributed by atoms with E-state index in [4.69, 9.17) is 28.3 Å². The second kappa shape index (κ2) is 34.5. The average Bonchev–Trinajstić information content (AvgIpc) is 3.22. The number of unbranched alkanes of at least 4 members (excludes halogenated alkanes) is 19. The van der Waals surface area contributed by atoms with Crippen LogP contribution in [0.2, 0.25) is 0 Å². The molecule has 62 heavy (non-hydrogen) atoms. The van der Waals surface area contributed by atoms with E-state index in [-0.39, 0.29) is 18.6 Å². The van der Waals surface area contributed by atoms with Crippen LogP contribution in [0.25, 0.3) is 0 Å². The maximum atomic E-state index is 13.0. The molecular formula is C43H78O17P2. The Labute approximate surface area is 368 Å². The Kier molecular flexibility index (Phi) is 32.4. The molecule has 0 bridgehead atoms. The minimum absolute atomic E-state index is 0.00466. The summed E-state index contributed by atoms with van der Waals surface area (Å²) >= 11 is 0. The van der Waals surface area contributed by atoms with Gasteiger partial charge in [0.2, 0.25) is 0 Å². The summed E-state index contributed by atoms with van der Waals surface area (Å²) in [5.41, 5.74) is 0. The lowest BCUT2D eigenvalue weighted by atomic mass is 9.85. The van der Waals surface area contributed by atoms with Gasteiger partial charge in [0.1, 0.15) is 43.2 Å². The molecule has 19 heteroatoms. The number of rotatable bonds is 38. The number of carbonyl (C=O) groups is 3. The number of ether oxygens (including phenoxy) is 2. The standard InChI is InChI=1S/C43H78O17P2/c1-3-5-7-8-9-10-11-12-13-16-19-22-26-30-36(45)56-32-35(58-37(46)31-27-23-20-17-14-15-18-21-25-29-34(44)28-24-6-4-2)33-57-62(54,55)60-43-40(49)38(47)39(48)42(41(43)50)59-61(51,52)53/h18,21,25,29,35,38-43,47-50H,3-17,19-20,22-24,26-28,30-33H2,1-2H3,(H,54,55)(H2,51,52,53)/b21-18-,29-25+/t35-,38?,39?,40?,41?,42-,43+/m1/s1. The first kappa shape index (κ1) is 58.2. The fourth-order valence-corrected chi connectivity index (χ4v) is 8.43. The topological polar surface area (TPSA) is 273 Å². The van der Waals surface area contributed by atoms with E-state index in [0.29, 0.717) is 19.3 Å². The zero-order valence-electron chi connectivity index (χ0n) is 37.1. The lowest BCUT2D eigenvalue weighted by molar-refractivity contribution is -0.216. The fraction of sp³-hybridized carbons (Fsp3) is 0.837. The van der Waals surface area contributed by atoms with Gasteiger partial charge >= 0.3 is 27.6 Å². The lowest BCUT2D eigenvalue weighted by Crippen LogP contribution is -2.64. The van der Waals surface area contributed by atoms with Crippen LogP contribution < -0.4 is 0 Å². The van der Waals surface area contributed by atoms with E-state index < -0.39 is 83.5 Å². The van der Waals surface area contributed by atoms with Crippen LogP contribution in [0.3, 0.4) is 0 Å². The smallest absolute Gasteiger partial charge is 0.462 e. The number of hydrogen-bond acceptors (Lipinski definition) is 14. The number of hydrogen-bond donors (Lipinski definition) is 7. The molecule has 7 N–H and O–H groups in total. The minimum atomic E-state index is -5.37. The Morgan fingerprint density at radius 2 is 1.02 bits per heavy atom. The first-order valence-corrected chi connectivity index (χ1v) is 25.9. The third kappa shape index (κ3) is 28.8. The van der Waals surface area contributed by atoms with Crippen LogP contribution in [0.5, 0.6) is 0 Å². The van der Waals surface area contributed by atoms with Gasteiger partial charge in [-0.1, -0.05) is 141 Å². The molecule has 0 aromatic carbocycles. The molecule has 0 spiro atoms. The van der Waals surface area contributed by atoms with Gasteiger partial charge in [-0.3, -0.25) is 28.0 Å². The summed E-state index contributed by atoms with van der Waals surface area (Å²) in [5.74, 6) is -1.14. The van der Waals surface area contributed by atoms with E-state index in [0.717, 1.165) is 77.0 Å². The summed E-state index contributed by atoms with van der Waals surface area (Å²) in [6.07, 6.45) is 15.5. The van der Waals surface area contributed by atoms with Crippen LogP contribution in [0.1, 0.15) is 174 Å². The van der Waals surface area contributed by atoms with Crippen molar-refractivity contribution in [3.63, 3.8) is 0 Å². The Morgan fingerprint density at radius 3 is 1.56 bits per heavy atom. The van der Waals surface area contributed by atoms with E-state index in [9.17, 15) is 48.8 Å². The van der Waals surface area contributed by atoms with Crippen molar-refractivity contribution in [2.75, 3.05) is 13.2 Å². The van der Waals surface area contributed by atoms with Crippen LogP contribution in [0.15, 0.2) is 24.3 Å². The van der Waals surface area contributed by atoms with Crippen molar-refractivity contribution in [1.29, 1.82) is 0 Å². The SMILES string of the molecule is CCCCCCCCCCCCCCCC(=O)OC[C@H](COP(=O)(O)O[C@H]1C(O)C(O)C(O)[C@@H](OP(=O)(O)O)C1O)OC(=O)CCCCCCC/C=C\C=C\C(=O)CCCCC. The first-order chi connectivity index (χ1) is 29.5. The highest BCUT2D eigenvalue weighted by Crippen LogP contribution is 2.49. The van der Waals surface area contributed by atoms with Gasteiger partial charge in [0.05, 0.1) is 6.61 Å². The Hall–Kier alpha value is -1.85. The number of carbonyl (C=O) groups excluding carboxylic acids is 3. The van der Waals surface area contributed by atoms with Crippen LogP contribution in [0, 0.1) is 0 Å². The molecule has 1 saturated carbocycles. The van der Waals surface area contributed by atoms with Crippen molar-refractivity contribution in [3.8, 4) is 0 Å². The van der Waals surface area contributed by atoms with Gasteiger partial charge in [-0.15, -0.1) is 0 Å². The predicted octanol–water partition coefficient (Wildman–Crippen LogP) is 7.35. The number of esters is 2. The zero-order chi connectivity index (χ0) is 46.2. The molecule has 0 amide bonds. The summed E-state index contributed by atoms with van der Waals surface area (Å²) in [6, 6.07) is 0. The normalized spacial score (nSPS) is 22.2. The largest absolute Gasteiger partial charge is 0.472 e. The minimum Gasteiger partial charge on any atom is -0.462 e. The molecule has 0 heterocycles. The zero-order valence-corrected chi connectivity index (χ0v) is 38.8. The van der Waals surface area contributed by atoms with Crippen molar-refractivity contribution >= 4 is 33.4 Å². The molecule has 1 aliphatic rings. The number of phosphoric acid groups is 2. The van der Waals surface area contributed by atoms with Crippen molar-refractivity contribution in [2.24, 2.45) is 0 Å². The molecule has 17 nitrogen and oxygen atoms in total. The van der Waals surface area contributed by atoms with Gasteiger partial charge in [-0.2, -0.15) is 0 Å². The van der Waals surface area contributed by atoms with Crippen LogP contribution in [-0.2, 0) is 46.6 Å². The van der Waals surface area contributed by atoms with Crippen molar-refractivity contribution in [3.05, 3.63) is 24.3 Å². The van der Waals surface area contributed by atoms with Crippen LogP contribution in [-0.4, -0.2) is 109 Å². The highest BCUT2D eigenvalue weighted by atomic mass is 31.2. The summed E-state index contributed by atoms with van der Waals surface area (Å²) in [4.78, 5) is 65.9.